The topological polar surface area (TPSA) is 147 Å². The Morgan fingerprint density at radius 2 is 1.56 bits per heavy atom. The highest BCUT2D eigenvalue weighted by Gasteiger charge is 1.93. The highest BCUT2D eigenvalue weighted by molar-refractivity contribution is 7.80. The molecule has 0 aliphatic carbocycles. The van der Waals surface area contributed by atoms with Crippen molar-refractivity contribution in [3.8, 4) is 0 Å². The number of rotatable bonds is 1. The molecular formula is CH10N2O5S. The predicted molar refractivity (Wildman–Crippen MR) is 30.5 cm³/mol. The third-order valence-electron chi connectivity index (χ3n) is 0.211. The molecule has 0 rings (SSSR count). The molecule has 0 heterocycles. The standard InChI is InChI=1S/CH4O4S.H4N2.H2O/c1-5-6(2,3)4;1-2;/h1H3,(H,2,3,4);1-2H2;1H2. The van der Waals surface area contributed by atoms with Crippen LogP contribution in [0.15, 0.2) is 0 Å². The molecule has 0 spiro atoms. The highest BCUT2D eigenvalue weighted by Crippen LogP contribution is 1.74. The molecule has 0 fully saturated rings. The molecule has 60 valence electrons. The normalized spacial score (nSPS) is 8.44. The molecule has 0 radical (unpaired) electrons. The molecule has 9 heavy (non-hydrogen) atoms. The Balaban J connectivity index is -0.000000109. The van der Waals surface area contributed by atoms with Crippen LogP contribution < -0.4 is 11.7 Å². The minimum atomic E-state index is -4.16. The van der Waals surface area contributed by atoms with Crippen LogP contribution in [0, 0.1) is 0 Å². The number of hydrogen-bond donors (Lipinski definition) is 3. The summed E-state index contributed by atoms with van der Waals surface area (Å²) in [4.78, 5) is 0. The Hall–Kier alpha value is -0.250. The van der Waals surface area contributed by atoms with Crippen molar-refractivity contribution in [2.24, 2.45) is 11.7 Å². The first-order valence-electron chi connectivity index (χ1n) is 1.42. The summed E-state index contributed by atoms with van der Waals surface area (Å²) in [6, 6.07) is 0. The lowest BCUT2D eigenvalue weighted by Crippen LogP contribution is -2.02. The van der Waals surface area contributed by atoms with Crippen molar-refractivity contribution in [1.29, 1.82) is 0 Å². The number of hydrogen-bond acceptors (Lipinski definition) is 5. The van der Waals surface area contributed by atoms with Gasteiger partial charge in [0, 0.05) is 0 Å². The van der Waals surface area contributed by atoms with Crippen molar-refractivity contribution in [3.63, 3.8) is 0 Å². The van der Waals surface area contributed by atoms with Crippen LogP contribution in [0.25, 0.3) is 0 Å². The fourth-order valence-corrected chi connectivity index (χ4v) is 0. The lowest BCUT2D eigenvalue weighted by atomic mass is 11.8. The van der Waals surface area contributed by atoms with Crippen LogP contribution in [0.5, 0.6) is 0 Å². The molecule has 0 aliphatic rings. The first-order valence-corrected chi connectivity index (χ1v) is 2.79. The largest absolute Gasteiger partial charge is 0.412 e. The van der Waals surface area contributed by atoms with Gasteiger partial charge in [0.2, 0.25) is 0 Å². The smallest absolute Gasteiger partial charge is 0.397 e. The molecule has 0 aromatic rings. The maximum atomic E-state index is 9.33. The van der Waals surface area contributed by atoms with Crippen LogP contribution >= 0.6 is 0 Å². The zero-order chi connectivity index (χ0) is 7.21. The van der Waals surface area contributed by atoms with E-state index in [4.69, 9.17) is 4.55 Å². The van der Waals surface area contributed by atoms with Crippen molar-refractivity contribution in [2.75, 3.05) is 7.11 Å². The quantitative estimate of drug-likeness (QED) is 0.219. The maximum absolute atomic E-state index is 9.33. The van der Waals surface area contributed by atoms with Crippen molar-refractivity contribution in [3.05, 3.63) is 0 Å². The average Bonchev–Trinajstić information content (AvgIpc) is 1.71. The summed E-state index contributed by atoms with van der Waals surface area (Å²) in [5.74, 6) is 8.00. The zero-order valence-corrected chi connectivity index (χ0v) is 5.55. The summed E-state index contributed by atoms with van der Waals surface area (Å²) in [6.45, 7) is 0. The van der Waals surface area contributed by atoms with Gasteiger partial charge in [0.15, 0.2) is 0 Å². The molecule has 7 nitrogen and oxygen atoms in total. The molecule has 0 aromatic carbocycles. The van der Waals surface area contributed by atoms with Gasteiger partial charge in [-0.1, -0.05) is 0 Å². The molecule has 0 saturated carbocycles. The molecular weight excluding hydrogens is 152 g/mol. The summed E-state index contributed by atoms with van der Waals surface area (Å²) in [5, 5.41) is 0. The van der Waals surface area contributed by atoms with Crippen LogP contribution in [0.4, 0.5) is 0 Å². The fraction of sp³-hybridized carbons (Fsp3) is 1.00. The van der Waals surface area contributed by atoms with Gasteiger partial charge in [-0.25, -0.2) is 0 Å². The fourth-order valence-electron chi connectivity index (χ4n) is 0. The molecule has 0 aromatic heterocycles. The lowest BCUT2D eigenvalue weighted by Gasteiger charge is -1.82. The van der Waals surface area contributed by atoms with Crippen LogP contribution in [0.2, 0.25) is 0 Å². The highest BCUT2D eigenvalue weighted by atomic mass is 32.3. The van der Waals surface area contributed by atoms with E-state index in [1.165, 1.54) is 0 Å². The van der Waals surface area contributed by atoms with Crippen molar-refractivity contribution in [1.82, 2.24) is 0 Å². The summed E-state index contributed by atoms with van der Waals surface area (Å²) >= 11 is 0. The first-order chi connectivity index (χ1) is 3.56. The monoisotopic (exact) mass is 162 g/mol. The van der Waals surface area contributed by atoms with Gasteiger partial charge in [-0.05, 0) is 0 Å². The molecule has 7 N–H and O–H groups in total. The Morgan fingerprint density at radius 1 is 1.44 bits per heavy atom. The van der Waals surface area contributed by atoms with E-state index in [1.54, 1.807) is 0 Å². The molecule has 0 amide bonds. The Labute approximate surface area is 52.8 Å². The van der Waals surface area contributed by atoms with E-state index < -0.39 is 10.4 Å². The summed E-state index contributed by atoms with van der Waals surface area (Å²) in [7, 11) is -3.29. The number of hydrazine groups is 1. The second kappa shape index (κ2) is 7.75. The van der Waals surface area contributed by atoms with Gasteiger partial charge in [0.1, 0.15) is 0 Å². The van der Waals surface area contributed by atoms with Gasteiger partial charge in [0.05, 0.1) is 7.11 Å². The lowest BCUT2D eigenvalue weighted by molar-refractivity contribution is 0.324. The predicted octanol–water partition coefficient (Wildman–Crippen LogP) is -2.57. The van der Waals surface area contributed by atoms with E-state index in [0.29, 0.717) is 0 Å². The maximum Gasteiger partial charge on any atom is 0.397 e. The summed E-state index contributed by atoms with van der Waals surface area (Å²) in [5.41, 5.74) is 0. The molecule has 0 unspecified atom stereocenters. The van der Waals surface area contributed by atoms with Crippen molar-refractivity contribution in [2.45, 2.75) is 0 Å². The van der Waals surface area contributed by atoms with E-state index in [0.717, 1.165) is 7.11 Å². The molecule has 0 aliphatic heterocycles. The van der Waals surface area contributed by atoms with Gasteiger partial charge >= 0.3 is 10.4 Å². The zero-order valence-electron chi connectivity index (χ0n) is 4.73. The van der Waals surface area contributed by atoms with Crippen molar-refractivity contribution < 1.29 is 22.6 Å². The van der Waals surface area contributed by atoms with Crippen LogP contribution in [-0.4, -0.2) is 25.6 Å². The van der Waals surface area contributed by atoms with Gasteiger partial charge in [-0.15, -0.1) is 0 Å². The second-order valence-corrected chi connectivity index (χ2v) is 1.78. The van der Waals surface area contributed by atoms with Gasteiger partial charge in [0.25, 0.3) is 0 Å². The molecule has 8 heteroatoms. The van der Waals surface area contributed by atoms with E-state index >= 15 is 0 Å². The van der Waals surface area contributed by atoms with Gasteiger partial charge in [-0.2, -0.15) is 8.42 Å². The number of nitrogens with two attached hydrogens (primary N) is 2. The molecule has 0 bridgehead atoms. The minimum absolute atomic E-state index is 0. The first kappa shape index (κ1) is 15.9. The SMILES string of the molecule is COS(=O)(=O)O.NN.O. The van der Waals surface area contributed by atoms with Gasteiger partial charge < -0.3 is 5.48 Å². The van der Waals surface area contributed by atoms with Gasteiger partial charge in [-0.3, -0.25) is 20.4 Å². The molecule has 0 saturated heterocycles. The summed E-state index contributed by atoms with van der Waals surface area (Å²) < 4.78 is 29.7. The second-order valence-electron chi connectivity index (χ2n) is 0.594. The van der Waals surface area contributed by atoms with Crippen LogP contribution in [0.1, 0.15) is 0 Å². The van der Waals surface area contributed by atoms with E-state index in [9.17, 15) is 8.42 Å². The molecule has 0 atom stereocenters. The van der Waals surface area contributed by atoms with E-state index in [-0.39, 0.29) is 5.48 Å². The van der Waals surface area contributed by atoms with E-state index in [2.05, 4.69) is 15.9 Å². The Kier molecular flexibility index (Phi) is 13.7. The Bertz CT molecular complexity index is 117. The average molecular weight is 162 g/mol. The van der Waals surface area contributed by atoms with Crippen molar-refractivity contribution >= 4 is 10.4 Å². The van der Waals surface area contributed by atoms with Crippen LogP contribution in [-0.2, 0) is 14.6 Å². The van der Waals surface area contributed by atoms with E-state index in [1.807, 2.05) is 0 Å². The third-order valence-corrected chi connectivity index (χ3v) is 0.632. The summed E-state index contributed by atoms with van der Waals surface area (Å²) in [6.07, 6.45) is 0. The Morgan fingerprint density at radius 3 is 1.56 bits per heavy atom. The van der Waals surface area contributed by atoms with Crippen LogP contribution in [0.3, 0.4) is 0 Å². The minimum Gasteiger partial charge on any atom is -0.412 e. The third kappa shape index (κ3) is 33.9.